The third-order valence-corrected chi connectivity index (χ3v) is 10.5. The van der Waals surface area contributed by atoms with E-state index in [9.17, 15) is 27.6 Å². The van der Waals surface area contributed by atoms with Gasteiger partial charge >= 0.3 is 6.03 Å². The van der Waals surface area contributed by atoms with Crippen molar-refractivity contribution in [3.05, 3.63) is 43.1 Å². The number of nitrogens with one attached hydrogen (secondary N) is 3. The van der Waals surface area contributed by atoms with Crippen molar-refractivity contribution in [1.29, 1.82) is 0 Å². The van der Waals surface area contributed by atoms with Gasteiger partial charge in [-0.25, -0.2) is 18.2 Å². The van der Waals surface area contributed by atoms with Crippen LogP contribution < -0.4 is 30.6 Å². The van der Waals surface area contributed by atoms with Gasteiger partial charge in [-0.15, -0.1) is 6.58 Å². The number of aromatic nitrogens is 1. The first kappa shape index (κ1) is 33.0. The molecule has 5 rings (SSSR count). The molecule has 5 amide bonds. The number of fused-ring (bicyclic) bond motifs is 1. The molecular weight excluding hydrogens is 616 g/mol. The summed E-state index contributed by atoms with van der Waals surface area (Å²) in [5, 5.41) is 6.10. The molecule has 2 heterocycles. The molecule has 1 saturated heterocycles. The number of rotatable bonds is 11. The van der Waals surface area contributed by atoms with E-state index in [2.05, 4.69) is 26.9 Å². The maximum absolute atomic E-state index is 14.0. The Labute approximate surface area is 267 Å². The fourth-order valence-electron chi connectivity index (χ4n) is 5.86. The molecule has 3 aliphatic rings. The normalized spacial score (nSPS) is 24.9. The Morgan fingerprint density at radius 2 is 1.91 bits per heavy atom. The second kappa shape index (κ2) is 12.1. The molecule has 2 saturated carbocycles. The van der Waals surface area contributed by atoms with Crippen LogP contribution in [0.3, 0.4) is 0 Å². The third-order valence-electron chi connectivity index (χ3n) is 8.71. The third kappa shape index (κ3) is 6.59. The first-order valence-electron chi connectivity index (χ1n) is 15.1. The Kier molecular flexibility index (Phi) is 8.66. The van der Waals surface area contributed by atoms with Crippen molar-refractivity contribution < 1.29 is 37.1 Å². The average molecular weight is 657 g/mol. The second-order valence-electron chi connectivity index (χ2n) is 13.2. The van der Waals surface area contributed by atoms with Gasteiger partial charge < -0.3 is 30.7 Å². The topological polar surface area (TPSA) is 199 Å². The van der Waals surface area contributed by atoms with Crippen LogP contribution in [0.2, 0.25) is 0 Å². The zero-order chi connectivity index (χ0) is 33.6. The monoisotopic (exact) mass is 656 g/mol. The molecule has 1 aromatic heterocycles. The number of benzene rings is 1. The highest BCUT2D eigenvalue weighted by Crippen LogP contribution is 2.45. The Bertz CT molecular complexity index is 1690. The average Bonchev–Trinajstić information content (AvgIpc) is 3.91. The molecule has 0 bridgehead atoms. The Hall–Kier alpha value is -4.40. The highest BCUT2D eigenvalue weighted by Gasteiger charge is 2.62. The summed E-state index contributed by atoms with van der Waals surface area (Å²) in [7, 11) is -2.32. The minimum absolute atomic E-state index is 0.0239. The summed E-state index contributed by atoms with van der Waals surface area (Å²) in [6, 6.07) is 4.05. The summed E-state index contributed by atoms with van der Waals surface area (Å²) in [5.41, 5.74) is 3.08. The molecule has 0 spiro atoms. The van der Waals surface area contributed by atoms with Crippen molar-refractivity contribution in [1.82, 2.24) is 25.2 Å². The number of carbonyl (C=O) groups excluding carboxylic acids is 4. The number of primary amides is 1. The van der Waals surface area contributed by atoms with Gasteiger partial charge in [-0.05, 0) is 54.3 Å². The first-order valence-corrected chi connectivity index (χ1v) is 16.6. The summed E-state index contributed by atoms with van der Waals surface area (Å²) in [6.07, 6.45) is 3.44. The number of nitrogens with two attached hydrogens (primary N) is 1. The molecule has 0 radical (unpaired) electrons. The van der Waals surface area contributed by atoms with E-state index in [4.69, 9.17) is 15.2 Å². The molecular formula is C31H40N6O8S. The van der Waals surface area contributed by atoms with E-state index in [-0.39, 0.29) is 25.3 Å². The second-order valence-corrected chi connectivity index (χ2v) is 15.1. The first-order chi connectivity index (χ1) is 21.6. The predicted octanol–water partition coefficient (Wildman–Crippen LogP) is 1.34. The molecule has 5 N–H and O–H groups in total. The number of ether oxygens (including phenoxy) is 2. The number of hydrogen-bond donors (Lipinski definition) is 4. The summed E-state index contributed by atoms with van der Waals surface area (Å²) in [4.78, 5) is 58.9. The van der Waals surface area contributed by atoms with Crippen molar-refractivity contribution in [2.45, 2.75) is 75.4 Å². The number of hydrogen-bond acceptors (Lipinski definition) is 9. The number of sulfonamides is 1. The fraction of sp³-hybridized carbons (Fsp3) is 0.516. The summed E-state index contributed by atoms with van der Waals surface area (Å²) >= 11 is 0. The van der Waals surface area contributed by atoms with Gasteiger partial charge in [0.15, 0.2) is 0 Å². The van der Waals surface area contributed by atoms with Gasteiger partial charge in [-0.1, -0.05) is 26.8 Å². The number of likely N-dealkylation sites (tertiary alicyclic amines) is 1. The fourth-order valence-corrected chi connectivity index (χ4v) is 7.22. The zero-order valence-corrected chi connectivity index (χ0v) is 27.1. The van der Waals surface area contributed by atoms with Gasteiger partial charge in [0, 0.05) is 23.9 Å². The van der Waals surface area contributed by atoms with Gasteiger partial charge in [-0.2, -0.15) is 0 Å². The van der Waals surface area contributed by atoms with Crippen LogP contribution in [0.1, 0.15) is 46.5 Å². The molecule has 1 aromatic carbocycles. The van der Waals surface area contributed by atoms with Crippen LogP contribution in [0.15, 0.2) is 43.1 Å². The van der Waals surface area contributed by atoms with Crippen LogP contribution in [-0.2, 0) is 24.4 Å². The minimum Gasteiger partial charge on any atom is -0.497 e. The number of pyridine rings is 1. The predicted molar refractivity (Wildman–Crippen MR) is 168 cm³/mol. The van der Waals surface area contributed by atoms with E-state index in [0.29, 0.717) is 24.0 Å². The van der Waals surface area contributed by atoms with E-state index < -0.39 is 74.1 Å². The number of amides is 5. The lowest BCUT2D eigenvalue weighted by Crippen LogP contribution is -2.60. The standard InChI is InChI=1S/C31H40N6O8S/c1-6-18-15-31(18,28(40)36-46(42,43)21-8-9-21)35-25(38)23-14-20(16-37(23)27(39)24(30(2,3)4)34-29(32)41)45-26-22-10-7-19(44-5)13-17(22)11-12-33-26/h6-7,10-13,18,20-21,23-24H,1,8-9,14-16H2,2-5H3,(H,35,38)(H,36,40)(H3,32,34,41). The smallest absolute Gasteiger partial charge is 0.312 e. The molecule has 15 heteroatoms. The number of nitrogens with zero attached hydrogens (tertiary/aromatic N) is 2. The van der Waals surface area contributed by atoms with Crippen LogP contribution in [0.5, 0.6) is 11.6 Å². The van der Waals surface area contributed by atoms with Gasteiger partial charge in [0.05, 0.1) is 18.9 Å². The highest BCUT2D eigenvalue weighted by molar-refractivity contribution is 7.91. The van der Waals surface area contributed by atoms with Gasteiger partial charge in [0.25, 0.3) is 5.91 Å². The van der Waals surface area contributed by atoms with E-state index in [1.165, 1.54) is 11.0 Å². The molecule has 14 nitrogen and oxygen atoms in total. The van der Waals surface area contributed by atoms with Crippen LogP contribution in [0, 0.1) is 11.3 Å². The molecule has 5 atom stereocenters. The Morgan fingerprint density at radius 3 is 2.50 bits per heavy atom. The number of methoxy groups -OCH3 is 1. The van der Waals surface area contributed by atoms with Crippen molar-refractivity contribution in [3.8, 4) is 11.6 Å². The lowest BCUT2D eigenvalue weighted by atomic mass is 9.85. The van der Waals surface area contributed by atoms with E-state index in [1.54, 1.807) is 52.3 Å². The summed E-state index contributed by atoms with van der Waals surface area (Å²) in [5.74, 6) is -1.67. The Balaban J connectivity index is 1.43. The van der Waals surface area contributed by atoms with Crippen molar-refractivity contribution in [2.24, 2.45) is 17.1 Å². The van der Waals surface area contributed by atoms with Crippen LogP contribution in [-0.4, -0.2) is 84.7 Å². The minimum atomic E-state index is -3.88. The van der Waals surface area contributed by atoms with Crippen LogP contribution in [0.4, 0.5) is 4.79 Å². The van der Waals surface area contributed by atoms with E-state index in [1.807, 2.05) is 6.07 Å². The van der Waals surface area contributed by atoms with Crippen LogP contribution in [0.25, 0.3) is 10.8 Å². The number of carbonyl (C=O) groups is 4. The van der Waals surface area contributed by atoms with Crippen molar-refractivity contribution in [2.75, 3.05) is 13.7 Å². The largest absolute Gasteiger partial charge is 0.497 e. The lowest BCUT2D eigenvalue weighted by molar-refractivity contribution is -0.142. The Morgan fingerprint density at radius 1 is 1.20 bits per heavy atom. The van der Waals surface area contributed by atoms with Gasteiger partial charge in [0.1, 0.15) is 29.5 Å². The van der Waals surface area contributed by atoms with E-state index in [0.717, 1.165) is 5.39 Å². The lowest BCUT2D eigenvalue weighted by Gasteiger charge is -2.35. The maximum atomic E-state index is 14.0. The van der Waals surface area contributed by atoms with Crippen molar-refractivity contribution >= 4 is 44.5 Å². The summed E-state index contributed by atoms with van der Waals surface area (Å²) in [6.45, 7) is 8.93. The molecule has 1 aliphatic heterocycles. The zero-order valence-electron chi connectivity index (χ0n) is 26.2. The number of urea groups is 1. The molecule has 3 fully saturated rings. The molecule has 2 aliphatic carbocycles. The van der Waals surface area contributed by atoms with Crippen LogP contribution >= 0.6 is 0 Å². The quantitative estimate of drug-likeness (QED) is 0.258. The molecule has 5 unspecified atom stereocenters. The molecule has 248 valence electrons. The van der Waals surface area contributed by atoms with E-state index >= 15 is 0 Å². The SMILES string of the molecule is C=CC1CC1(NC(=O)C1CC(Oc2nccc3cc(OC)ccc23)CN1C(=O)C(NC(N)=O)C(C)(C)C)C(=O)NS(=O)(=O)C1CC1. The van der Waals surface area contributed by atoms with Crippen molar-refractivity contribution in [3.63, 3.8) is 0 Å². The maximum Gasteiger partial charge on any atom is 0.312 e. The summed E-state index contributed by atoms with van der Waals surface area (Å²) < 4.78 is 38.9. The van der Waals surface area contributed by atoms with Gasteiger partial charge in [-0.3, -0.25) is 19.1 Å². The highest BCUT2D eigenvalue weighted by atomic mass is 32.2. The molecule has 2 aromatic rings. The molecule has 46 heavy (non-hydrogen) atoms. The van der Waals surface area contributed by atoms with Gasteiger partial charge in [0.2, 0.25) is 27.7 Å².